The van der Waals surface area contributed by atoms with Gasteiger partial charge < -0.3 is 15.1 Å². The van der Waals surface area contributed by atoms with Gasteiger partial charge in [-0.15, -0.1) is 0 Å². The topological polar surface area (TPSA) is 18.5 Å². The molecule has 0 atom stereocenters. The van der Waals surface area contributed by atoms with Crippen LogP contribution in [0.2, 0.25) is 0 Å². The molecule has 2 aliphatic carbocycles. The fraction of sp³-hybridized carbons (Fsp3) is 1.00. The van der Waals surface area contributed by atoms with E-state index in [2.05, 4.69) is 22.2 Å². The Balaban J connectivity index is 1.48. The summed E-state index contributed by atoms with van der Waals surface area (Å²) in [4.78, 5) is 5.48. The molecule has 3 nitrogen and oxygen atoms in total. The molecule has 1 heterocycles. The van der Waals surface area contributed by atoms with Gasteiger partial charge >= 0.3 is 0 Å². The Morgan fingerprint density at radius 1 is 0.905 bits per heavy atom. The van der Waals surface area contributed by atoms with E-state index in [1.54, 1.807) is 0 Å². The quantitative estimate of drug-likeness (QED) is 0.759. The molecule has 0 unspecified atom stereocenters. The largest absolute Gasteiger partial charge is 0.319 e. The Bertz CT molecular complexity index is 298. The number of nitrogens with one attached hydrogen (secondary N) is 1. The molecule has 1 N–H and O–H groups in total. The summed E-state index contributed by atoms with van der Waals surface area (Å²) in [7, 11) is 2.14. The molecule has 0 radical (unpaired) electrons. The smallest absolute Gasteiger partial charge is 0.0110 e. The van der Waals surface area contributed by atoms with E-state index >= 15 is 0 Å². The van der Waals surface area contributed by atoms with Crippen molar-refractivity contribution in [2.24, 2.45) is 11.3 Å². The van der Waals surface area contributed by atoms with Crippen LogP contribution in [0.5, 0.6) is 0 Å². The minimum Gasteiger partial charge on any atom is -0.319 e. The van der Waals surface area contributed by atoms with Crippen LogP contribution in [0.4, 0.5) is 0 Å². The predicted octanol–water partition coefficient (Wildman–Crippen LogP) is 2.57. The lowest BCUT2D eigenvalue weighted by atomic mass is 9.79. The summed E-state index contributed by atoms with van der Waals surface area (Å²) in [5, 5.41) is 3.50. The van der Waals surface area contributed by atoms with E-state index in [0.717, 1.165) is 5.92 Å². The lowest BCUT2D eigenvalue weighted by Crippen LogP contribution is -2.51. The lowest BCUT2D eigenvalue weighted by Gasteiger charge is -2.42. The monoisotopic (exact) mass is 293 g/mol. The van der Waals surface area contributed by atoms with Crippen LogP contribution < -0.4 is 5.32 Å². The first-order chi connectivity index (χ1) is 10.3. The summed E-state index contributed by atoms with van der Waals surface area (Å²) in [5.74, 6) is 1.05. The normalized spacial score (nSPS) is 28.4. The molecule has 0 amide bonds. The van der Waals surface area contributed by atoms with Gasteiger partial charge in [-0.1, -0.05) is 25.7 Å². The first-order valence-corrected chi connectivity index (χ1v) is 9.39. The van der Waals surface area contributed by atoms with Crippen molar-refractivity contribution in [1.82, 2.24) is 15.1 Å². The van der Waals surface area contributed by atoms with Crippen LogP contribution in [0.25, 0.3) is 0 Å². The molecule has 3 aliphatic rings. The third-order valence-electron chi connectivity index (χ3n) is 5.95. The van der Waals surface area contributed by atoms with Crippen molar-refractivity contribution in [1.29, 1.82) is 0 Å². The second-order valence-electron chi connectivity index (χ2n) is 7.96. The van der Waals surface area contributed by atoms with Gasteiger partial charge in [-0.05, 0) is 44.1 Å². The van der Waals surface area contributed by atoms with Crippen LogP contribution in [0, 0.1) is 11.3 Å². The van der Waals surface area contributed by atoms with Gasteiger partial charge in [0.15, 0.2) is 0 Å². The Labute approximate surface area is 131 Å². The summed E-state index contributed by atoms with van der Waals surface area (Å²) < 4.78 is 0. The zero-order valence-corrected chi connectivity index (χ0v) is 14.1. The third-order valence-corrected chi connectivity index (χ3v) is 5.95. The number of piperazine rings is 1. The van der Waals surface area contributed by atoms with E-state index in [1.165, 1.54) is 97.2 Å². The van der Waals surface area contributed by atoms with Gasteiger partial charge in [0.25, 0.3) is 0 Å². The standard InChI is InChI=1S/C18H35N3/c1-19-15-18(8-4-2-3-5-9-18)16-21-12-10-20(11-13-21)14-17-6-7-17/h17,19H,2-16H2,1H3. The van der Waals surface area contributed by atoms with Gasteiger partial charge in [-0.25, -0.2) is 0 Å². The molecule has 1 aliphatic heterocycles. The van der Waals surface area contributed by atoms with E-state index in [4.69, 9.17) is 0 Å². The van der Waals surface area contributed by atoms with E-state index in [1.807, 2.05) is 0 Å². The van der Waals surface area contributed by atoms with Crippen molar-refractivity contribution in [2.45, 2.75) is 51.4 Å². The van der Waals surface area contributed by atoms with Gasteiger partial charge in [-0.2, -0.15) is 0 Å². The maximum Gasteiger partial charge on any atom is 0.0110 e. The molecule has 0 aromatic heterocycles. The molecule has 3 rings (SSSR count). The minimum absolute atomic E-state index is 0.559. The maximum absolute atomic E-state index is 3.50. The molecular formula is C18H35N3. The number of rotatable bonds is 6. The highest BCUT2D eigenvalue weighted by Crippen LogP contribution is 2.36. The van der Waals surface area contributed by atoms with Crippen molar-refractivity contribution >= 4 is 0 Å². The van der Waals surface area contributed by atoms with Crippen molar-refractivity contribution in [3.63, 3.8) is 0 Å². The molecule has 21 heavy (non-hydrogen) atoms. The average Bonchev–Trinajstić information content (AvgIpc) is 3.30. The first kappa shape index (κ1) is 15.8. The average molecular weight is 293 g/mol. The molecule has 0 aromatic rings. The number of hydrogen-bond donors (Lipinski definition) is 1. The zero-order chi connectivity index (χ0) is 14.5. The fourth-order valence-electron chi connectivity index (χ4n) is 4.51. The minimum atomic E-state index is 0.559. The third kappa shape index (κ3) is 4.67. The van der Waals surface area contributed by atoms with Gasteiger partial charge in [-0.3, -0.25) is 0 Å². The summed E-state index contributed by atoms with van der Waals surface area (Å²) in [6.07, 6.45) is 11.7. The Morgan fingerprint density at radius 3 is 2.10 bits per heavy atom. The SMILES string of the molecule is CNCC1(CN2CCN(CC3CC3)CC2)CCCCCC1. The summed E-state index contributed by atoms with van der Waals surface area (Å²) in [6.45, 7) is 9.17. The Morgan fingerprint density at radius 2 is 1.52 bits per heavy atom. The second-order valence-corrected chi connectivity index (χ2v) is 7.96. The fourth-order valence-corrected chi connectivity index (χ4v) is 4.51. The van der Waals surface area contributed by atoms with E-state index in [0.29, 0.717) is 5.41 Å². The molecule has 0 bridgehead atoms. The molecular weight excluding hydrogens is 258 g/mol. The van der Waals surface area contributed by atoms with Crippen molar-refractivity contribution < 1.29 is 0 Å². The molecule has 0 spiro atoms. The Kier molecular flexibility index (Phi) is 5.58. The maximum atomic E-state index is 3.50. The van der Waals surface area contributed by atoms with Crippen LogP contribution in [-0.2, 0) is 0 Å². The van der Waals surface area contributed by atoms with Gasteiger partial charge in [0.1, 0.15) is 0 Å². The first-order valence-electron chi connectivity index (χ1n) is 9.39. The molecule has 1 saturated heterocycles. The predicted molar refractivity (Wildman–Crippen MR) is 89.7 cm³/mol. The molecule has 3 fully saturated rings. The highest BCUT2D eigenvalue weighted by atomic mass is 15.3. The van der Waals surface area contributed by atoms with Crippen LogP contribution in [0.15, 0.2) is 0 Å². The lowest BCUT2D eigenvalue weighted by molar-refractivity contribution is 0.0737. The van der Waals surface area contributed by atoms with E-state index in [-0.39, 0.29) is 0 Å². The number of hydrogen-bond acceptors (Lipinski definition) is 3. The van der Waals surface area contributed by atoms with E-state index < -0.39 is 0 Å². The number of nitrogens with zero attached hydrogens (tertiary/aromatic N) is 2. The van der Waals surface area contributed by atoms with E-state index in [9.17, 15) is 0 Å². The second kappa shape index (κ2) is 7.43. The Hall–Kier alpha value is -0.120. The van der Waals surface area contributed by atoms with Crippen molar-refractivity contribution in [2.75, 3.05) is 52.9 Å². The highest BCUT2D eigenvalue weighted by molar-refractivity contribution is 4.88. The van der Waals surface area contributed by atoms with Crippen molar-refractivity contribution in [3.05, 3.63) is 0 Å². The summed E-state index contributed by atoms with van der Waals surface area (Å²) in [6, 6.07) is 0. The van der Waals surface area contributed by atoms with Crippen molar-refractivity contribution in [3.8, 4) is 0 Å². The summed E-state index contributed by atoms with van der Waals surface area (Å²) in [5.41, 5.74) is 0.559. The summed E-state index contributed by atoms with van der Waals surface area (Å²) >= 11 is 0. The van der Waals surface area contributed by atoms with Crippen LogP contribution in [0.1, 0.15) is 51.4 Å². The van der Waals surface area contributed by atoms with Crippen LogP contribution in [-0.4, -0.2) is 62.7 Å². The zero-order valence-electron chi connectivity index (χ0n) is 14.1. The molecule has 2 saturated carbocycles. The van der Waals surface area contributed by atoms with Gasteiger partial charge in [0.05, 0.1) is 0 Å². The van der Waals surface area contributed by atoms with Crippen LogP contribution >= 0.6 is 0 Å². The van der Waals surface area contributed by atoms with Crippen LogP contribution in [0.3, 0.4) is 0 Å². The van der Waals surface area contributed by atoms with Gasteiger partial charge in [0, 0.05) is 45.8 Å². The molecule has 122 valence electrons. The highest BCUT2D eigenvalue weighted by Gasteiger charge is 2.34. The van der Waals surface area contributed by atoms with Gasteiger partial charge in [0.2, 0.25) is 0 Å². The molecule has 0 aromatic carbocycles. The molecule has 3 heteroatoms.